The molecule has 0 unspecified atom stereocenters. The van der Waals surface area contributed by atoms with E-state index in [1.54, 1.807) is 0 Å². The number of piperazine rings is 1. The second-order valence-corrected chi connectivity index (χ2v) is 8.92. The van der Waals surface area contributed by atoms with Gasteiger partial charge in [0.15, 0.2) is 0 Å². The minimum absolute atomic E-state index is 0. The molecule has 0 saturated carbocycles. The van der Waals surface area contributed by atoms with Crippen LogP contribution in [0.3, 0.4) is 0 Å². The number of nitrogens with zero attached hydrogens (tertiary/aromatic N) is 3. The van der Waals surface area contributed by atoms with Crippen molar-refractivity contribution in [2.45, 2.75) is 39.3 Å². The van der Waals surface area contributed by atoms with Crippen LogP contribution in [0.4, 0.5) is 5.69 Å². The third-order valence-electron chi connectivity index (χ3n) is 5.98. The van der Waals surface area contributed by atoms with E-state index in [9.17, 15) is 0 Å². The Morgan fingerprint density at radius 2 is 1.86 bits per heavy atom. The van der Waals surface area contributed by atoms with Crippen LogP contribution in [0.5, 0.6) is 0 Å². The SMILES string of the molecule is CC(C)CCCN1CCO[C@H](CNCc2ccc(N3CCN(C)CC3)cc2)C1.[HH]. The lowest BCUT2D eigenvalue weighted by molar-refractivity contribution is -0.0277. The van der Waals surface area contributed by atoms with Crippen molar-refractivity contribution in [2.75, 3.05) is 70.9 Å². The number of anilines is 1. The molecule has 1 atom stereocenters. The summed E-state index contributed by atoms with van der Waals surface area (Å²) < 4.78 is 5.97. The van der Waals surface area contributed by atoms with Crippen LogP contribution < -0.4 is 10.2 Å². The second kappa shape index (κ2) is 11.1. The fourth-order valence-corrected chi connectivity index (χ4v) is 4.10. The Kier molecular flexibility index (Phi) is 8.59. The van der Waals surface area contributed by atoms with Crippen molar-refractivity contribution in [1.29, 1.82) is 0 Å². The van der Waals surface area contributed by atoms with Gasteiger partial charge < -0.3 is 19.9 Å². The van der Waals surface area contributed by atoms with Gasteiger partial charge in [-0.2, -0.15) is 0 Å². The monoisotopic (exact) mass is 390 g/mol. The maximum atomic E-state index is 5.97. The highest BCUT2D eigenvalue weighted by Crippen LogP contribution is 2.17. The molecule has 0 aromatic heterocycles. The first-order valence-corrected chi connectivity index (χ1v) is 11.2. The quantitative estimate of drug-likeness (QED) is 0.701. The van der Waals surface area contributed by atoms with Crippen molar-refractivity contribution in [2.24, 2.45) is 5.92 Å². The molecule has 0 bridgehead atoms. The molecule has 2 aliphatic rings. The molecule has 3 rings (SSSR count). The summed E-state index contributed by atoms with van der Waals surface area (Å²) >= 11 is 0. The van der Waals surface area contributed by atoms with E-state index in [2.05, 4.69) is 65.2 Å². The first-order valence-electron chi connectivity index (χ1n) is 11.2. The van der Waals surface area contributed by atoms with Gasteiger partial charge in [0.2, 0.25) is 0 Å². The van der Waals surface area contributed by atoms with Crippen LogP contribution in [0, 0.1) is 5.92 Å². The predicted molar refractivity (Wildman–Crippen MR) is 120 cm³/mol. The van der Waals surface area contributed by atoms with Gasteiger partial charge in [0, 0.05) is 59.5 Å². The van der Waals surface area contributed by atoms with Gasteiger partial charge in [0.1, 0.15) is 0 Å². The number of hydrogen-bond acceptors (Lipinski definition) is 5. The molecule has 1 aromatic rings. The van der Waals surface area contributed by atoms with Crippen molar-refractivity contribution in [3.63, 3.8) is 0 Å². The van der Waals surface area contributed by atoms with Crippen LogP contribution >= 0.6 is 0 Å². The van der Waals surface area contributed by atoms with Gasteiger partial charge in [-0.25, -0.2) is 0 Å². The number of ether oxygens (including phenoxy) is 1. The minimum Gasteiger partial charge on any atom is -0.374 e. The van der Waals surface area contributed by atoms with Crippen LogP contribution in [0.2, 0.25) is 0 Å². The summed E-state index contributed by atoms with van der Waals surface area (Å²) in [7, 11) is 2.20. The average Bonchev–Trinajstić information content (AvgIpc) is 2.69. The van der Waals surface area contributed by atoms with Crippen molar-refractivity contribution >= 4 is 5.69 Å². The van der Waals surface area contributed by atoms with E-state index >= 15 is 0 Å². The molecular formula is C23H42N4O. The molecule has 0 radical (unpaired) electrons. The molecule has 2 fully saturated rings. The molecule has 1 aromatic carbocycles. The average molecular weight is 391 g/mol. The van der Waals surface area contributed by atoms with Gasteiger partial charge in [0.25, 0.3) is 0 Å². The number of benzene rings is 1. The van der Waals surface area contributed by atoms with E-state index < -0.39 is 0 Å². The maximum absolute atomic E-state index is 5.97. The molecule has 28 heavy (non-hydrogen) atoms. The zero-order valence-electron chi connectivity index (χ0n) is 18.2. The predicted octanol–water partition coefficient (Wildman–Crippen LogP) is 2.91. The van der Waals surface area contributed by atoms with Gasteiger partial charge >= 0.3 is 0 Å². The standard InChI is InChI=1S/C23H40N4O.H2/c1-20(2)5-4-10-26-15-16-28-23(19-26)18-24-17-21-6-8-22(9-7-21)27-13-11-25(3)12-14-27;/h6-9,20,23-24H,4-5,10-19H2,1-3H3;1H/t23-;/m1./s1. The summed E-state index contributed by atoms with van der Waals surface area (Å²) in [5, 5.41) is 3.60. The fourth-order valence-electron chi connectivity index (χ4n) is 4.10. The van der Waals surface area contributed by atoms with E-state index in [1.807, 2.05) is 0 Å². The van der Waals surface area contributed by atoms with Gasteiger partial charge in [-0.3, -0.25) is 4.90 Å². The third kappa shape index (κ3) is 7.03. The van der Waals surface area contributed by atoms with Crippen molar-refractivity contribution in [3.05, 3.63) is 29.8 Å². The molecule has 5 heteroatoms. The van der Waals surface area contributed by atoms with Crippen LogP contribution in [0.15, 0.2) is 24.3 Å². The lowest BCUT2D eigenvalue weighted by Crippen LogP contribution is -2.46. The first-order chi connectivity index (χ1) is 13.6. The molecular weight excluding hydrogens is 348 g/mol. The number of likely N-dealkylation sites (N-methyl/N-ethyl adjacent to an activating group) is 1. The summed E-state index contributed by atoms with van der Waals surface area (Å²) in [4.78, 5) is 7.46. The molecule has 2 saturated heterocycles. The van der Waals surface area contributed by atoms with Gasteiger partial charge in [-0.1, -0.05) is 26.0 Å². The molecule has 0 spiro atoms. The van der Waals surface area contributed by atoms with Crippen molar-refractivity contribution in [1.82, 2.24) is 15.1 Å². The second-order valence-electron chi connectivity index (χ2n) is 8.92. The smallest absolute Gasteiger partial charge is 0.0826 e. The van der Waals surface area contributed by atoms with Gasteiger partial charge in [-0.15, -0.1) is 0 Å². The number of morpholine rings is 1. The summed E-state index contributed by atoms with van der Waals surface area (Å²) in [5.74, 6) is 0.807. The maximum Gasteiger partial charge on any atom is 0.0826 e. The first kappa shape index (κ1) is 21.6. The molecule has 1 N–H and O–H groups in total. The zero-order valence-corrected chi connectivity index (χ0v) is 18.2. The summed E-state index contributed by atoms with van der Waals surface area (Å²) in [6.07, 6.45) is 2.94. The van der Waals surface area contributed by atoms with Crippen LogP contribution in [-0.2, 0) is 11.3 Å². The fraction of sp³-hybridized carbons (Fsp3) is 0.739. The lowest BCUT2D eigenvalue weighted by Gasteiger charge is -2.34. The molecule has 2 heterocycles. The van der Waals surface area contributed by atoms with E-state index in [-0.39, 0.29) is 1.43 Å². The topological polar surface area (TPSA) is 31.0 Å². The number of hydrogen-bond donors (Lipinski definition) is 1. The Balaban J connectivity index is 0.00000300. The van der Waals surface area contributed by atoms with E-state index in [4.69, 9.17) is 4.74 Å². The lowest BCUT2D eigenvalue weighted by atomic mass is 10.1. The summed E-state index contributed by atoms with van der Waals surface area (Å²) in [6, 6.07) is 9.08. The Bertz CT molecular complexity index is 561. The highest BCUT2D eigenvalue weighted by atomic mass is 16.5. The van der Waals surface area contributed by atoms with Gasteiger partial charge in [-0.05, 0) is 50.0 Å². The van der Waals surface area contributed by atoms with E-state index in [1.165, 1.54) is 30.6 Å². The van der Waals surface area contributed by atoms with E-state index in [0.29, 0.717) is 6.10 Å². The minimum atomic E-state index is 0. The number of nitrogens with one attached hydrogen (secondary N) is 1. The molecule has 160 valence electrons. The summed E-state index contributed by atoms with van der Waals surface area (Å²) in [5.41, 5.74) is 2.70. The molecule has 2 aliphatic heterocycles. The Morgan fingerprint density at radius 3 is 2.57 bits per heavy atom. The highest BCUT2D eigenvalue weighted by Gasteiger charge is 2.20. The molecule has 0 amide bonds. The Hall–Kier alpha value is -1.14. The largest absolute Gasteiger partial charge is 0.374 e. The van der Waals surface area contributed by atoms with Gasteiger partial charge in [0.05, 0.1) is 12.7 Å². The van der Waals surface area contributed by atoms with Crippen LogP contribution in [0.25, 0.3) is 0 Å². The zero-order chi connectivity index (χ0) is 19.8. The van der Waals surface area contributed by atoms with Crippen molar-refractivity contribution in [3.8, 4) is 0 Å². The highest BCUT2D eigenvalue weighted by molar-refractivity contribution is 5.48. The molecule has 0 aliphatic carbocycles. The third-order valence-corrected chi connectivity index (χ3v) is 5.98. The number of rotatable bonds is 9. The van der Waals surface area contributed by atoms with E-state index in [0.717, 1.165) is 64.9 Å². The van der Waals surface area contributed by atoms with Crippen molar-refractivity contribution < 1.29 is 6.16 Å². The summed E-state index contributed by atoms with van der Waals surface area (Å²) in [6.45, 7) is 15.2. The Labute approximate surface area is 173 Å². The Morgan fingerprint density at radius 1 is 1.11 bits per heavy atom. The van der Waals surface area contributed by atoms with Crippen LogP contribution in [0.1, 0.15) is 33.7 Å². The normalized spacial score (nSPS) is 22.1. The van der Waals surface area contributed by atoms with Crippen LogP contribution in [-0.4, -0.2) is 81.9 Å². The molecule has 5 nitrogen and oxygen atoms in total.